The number of hydrogen-bond donors (Lipinski definition) is 3. The van der Waals surface area contributed by atoms with Gasteiger partial charge in [-0.15, -0.1) is 22.7 Å². The van der Waals surface area contributed by atoms with Crippen molar-refractivity contribution in [2.75, 3.05) is 12.4 Å². The molecule has 5 rings (SSSR count). The SMILES string of the molecule is COc1ncccc1C#Cc1c([C@H]2CC=CC[C@@H]2N)sc2c(NCc3cccs3)cc(Cl)nc12.O=C(O)C(F)(F)F. The van der Waals surface area contributed by atoms with Gasteiger partial charge in [0.2, 0.25) is 5.88 Å². The van der Waals surface area contributed by atoms with E-state index in [-0.39, 0.29) is 12.0 Å². The van der Waals surface area contributed by atoms with Crippen LogP contribution in [0.1, 0.15) is 39.6 Å². The molecule has 0 unspecified atom stereocenters. The molecule has 4 aromatic heterocycles. The number of rotatable bonds is 5. The molecule has 41 heavy (non-hydrogen) atoms. The van der Waals surface area contributed by atoms with Crippen LogP contribution in [0.25, 0.3) is 10.2 Å². The number of methoxy groups -OCH3 is 1. The molecule has 1 aliphatic rings. The highest BCUT2D eigenvalue weighted by Gasteiger charge is 2.38. The van der Waals surface area contributed by atoms with E-state index >= 15 is 0 Å². The number of halogens is 4. The Morgan fingerprint density at radius 3 is 2.68 bits per heavy atom. The number of nitrogens with two attached hydrogens (primary N) is 1. The van der Waals surface area contributed by atoms with Crippen molar-refractivity contribution in [2.24, 2.45) is 5.73 Å². The van der Waals surface area contributed by atoms with Crippen molar-refractivity contribution in [1.82, 2.24) is 9.97 Å². The number of alkyl halides is 3. The molecule has 0 radical (unpaired) electrons. The summed E-state index contributed by atoms with van der Waals surface area (Å²) in [5.74, 6) is 4.55. The topological polar surface area (TPSA) is 110 Å². The summed E-state index contributed by atoms with van der Waals surface area (Å²) in [6.45, 7) is 0.722. The molecular formula is C28H24ClF3N4O3S2. The zero-order chi connectivity index (χ0) is 29.6. The Kier molecular flexibility index (Phi) is 9.88. The summed E-state index contributed by atoms with van der Waals surface area (Å²) in [7, 11) is 1.60. The van der Waals surface area contributed by atoms with E-state index in [0.29, 0.717) is 11.0 Å². The number of hydrogen-bond acceptors (Lipinski definition) is 8. The summed E-state index contributed by atoms with van der Waals surface area (Å²) in [6, 6.07) is 9.84. The van der Waals surface area contributed by atoms with Crippen LogP contribution >= 0.6 is 34.3 Å². The molecule has 0 aromatic carbocycles. The highest BCUT2D eigenvalue weighted by atomic mass is 35.5. The lowest BCUT2D eigenvalue weighted by molar-refractivity contribution is -0.192. The van der Waals surface area contributed by atoms with E-state index in [4.69, 9.17) is 37.0 Å². The predicted octanol–water partition coefficient (Wildman–Crippen LogP) is 6.82. The summed E-state index contributed by atoms with van der Waals surface area (Å²) in [4.78, 5) is 20.3. The van der Waals surface area contributed by atoms with Crippen molar-refractivity contribution >= 4 is 56.1 Å². The second kappa shape index (κ2) is 13.4. The molecule has 4 aromatic rings. The number of ether oxygens (including phenoxy) is 1. The maximum Gasteiger partial charge on any atom is 0.490 e. The largest absolute Gasteiger partial charge is 0.490 e. The first-order valence-corrected chi connectivity index (χ1v) is 14.3. The Hall–Kier alpha value is -3.63. The zero-order valence-corrected chi connectivity index (χ0v) is 23.9. The lowest BCUT2D eigenvalue weighted by Gasteiger charge is -2.24. The van der Waals surface area contributed by atoms with Crippen LogP contribution < -0.4 is 15.8 Å². The van der Waals surface area contributed by atoms with Gasteiger partial charge >= 0.3 is 12.1 Å². The molecule has 0 saturated heterocycles. The van der Waals surface area contributed by atoms with E-state index in [1.807, 2.05) is 18.2 Å². The fourth-order valence-corrected chi connectivity index (χ4v) is 6.29. The van der Waals surface area contributed by atoms with Crippen LogP contribution in [0.15, 0.2) is 54.1 Å². The van der Waals surface area contributed by atoms with E-state index < -0.39 is 12.1 Å². The number of allylic oxidation sites excluding steroid dienone is 1. The lowest BCUT2D eigenvalue weighted by atomic mass is 9.87. The van der Waals surface area contributed by atoms with Crippen molar-refractivity contribution in [3.63, 3.8) is 0 Å². The number of anilines is 1. The third kappa shape index (κ3) is 7.56. The van der Waals surface area contributed by atoms with E-state index in [0.717, 1.165) is 51.3 Å². The van der Waals surface area contributed by atoms with Crippen LogP contribution in [-0.4, -0.2) is 40.4 Å². The monoisotopic (exact) mass is 620 g/mol. The van der Waals surface area contributed by atoms with Crippen molar-refractivity contribution in [3.05, 3.63) is 80.1 Å². The Morgan fingerprint density at radius 2 is 2.02 bits per heavy atom. The van der Waals surface area contributed by atoms with Gasteiger partial charge in [0.15, 0.2) is 0 Å². The standard InChI is InChI=1S/C26H23ClN4OS2.C2HF3O2/c1-32-26-16(6-4-12-29-26)10-11-19-23-25(34-24(19)18-8-2-3-9-20(18)28)21(14-22(27)31-23)30-15-17-7-5-13-33-17;3-2(4,5)1(6)7/h2-7,12-14,18,20H,8-9,15,28H2,1H3,(H,30,31);(H,6,7)/t18-,20-;/m0./s1. The van der Waals surface area contributed by atoms with Gasteiger partial charge in [-0.2, -0.15) is 13.2 Å². The third-order valence-corrected chi connectivity index (χ3v) is 8.43. The molecule has 0 spiro atoms. The number of fused-ring (bicyclic) bond motifs is 1. The Labute approximate surface area is 246 Å². The quantitative estimate of drug-likeness (QED) is 0.128. The van der Waals surface area contributed by atoms with Crippen LogP contribution in [0.4, 0.5) is 18.9 Å². The first-order chi connectivity index (χ1) is 19.6. The van der Waals surface area contributed by atoms with Gasteiger partial charge < -0.3 is 20.9 Å². The van der Waals surface area contributed by atoms with Crippen LogP contribution in [-0.2, 0) is 11.3 Å². The molecule has 2 atom stereocenters. The number of pyridine rings is 2. The summed E-state index contributed by atoms with van der Waals surface area (Å²) in [5, 5.41) is 13.2. The number of aromatic nitrogens is 2. The fourth-order valence-electron chi connectivity index (χ4n) is 4.08. The van der Waals surface area contributed by atoms with Crippen molar-refractivity contribution in [1.29, 1.82) is 0 Å². The van der Waals surface area contributed by atoms with Gasteiger partial charge in [-0.1, -0.05) is 41.7 Å². The molecule has 0 saturated carbocycles. The number of nitrogens with zero attached hydrogens (tertiary/aromatic N) is 2. The van der Waals surface area contributed by atoms with Crippen LogP contribution in [0.2, 0.25) is 5.15 Å². The van der Waals surface area contributed by atoms with E-state index in [1.54, 1.807) is 36.0 Å². The summed E-state index contributed by atoms with van der Waals surface area (Å²) in [5.41, 5.74) is 9.93. The zero-order valence-electron chi connectivity index (χ0n) is 21.5. The smallest absolute Gasteiger partial charge is 0.480 e. The number of carboxylic acid groups (broad SMARTS) is 1. The fraction of sp³-hybridized carbons (Fsp3) is 0.250. The molecule has 0 bridgehead atoms. The number of thiophene rings is 2. The van der Waals surface area contributed by atoms with Crippen LogP contribution in [0.5, 0.6) is 5.88 Å². The van der Waals surface area contributed by atoms with E-state index in [2.05, 4.69) is 51.8 Å². The Morgan fingerprint density at radius 1 is 1.27 bits per heavy atom. The van der Waals surface area contributed by atoms with Gasteiger partial charge in [-0.05, 0) is 36.4 Å². The normalized spacial score (nSPS) is 16.3. The first-order valence-electron chi connectivity index (χ1n) is 12.2. The number of aliphatic carboxylic acids is 1. The summed E-state index contributed by atoms with van der Waals surface area (Å²) in [6.07, 6.45) is 2.69. The van der Waals surface area contributed by atoms with Gasteiger partial charge in [0.05, 0.1) is 28.6 Å². The van der Waals surface area contributed by atoms with Gasteiger partial charge in [0, 0.05) is 40.5 Å². The summed E-state index contributed by atoms with van der Waals surface area (Å²) < 4.78 is 38.2. The third-order valence-electron chi connectivity index (χ3n) is 6.02. The molecule has 1 aliphatic carbocycles. The minimum Gasteiger partial charge on any atom is -0.480 e. The molecule has 0 aliphatic heterocycles. The molecular weight excluding hydrogens is 597 g/mol. The highest BCUT2D eigenvalue weighted by Crippen LogP contribution is 2.43. The Balaban J connectivity index is 0.000000493. The molecule has 7 nitrogen and oxygen atoms in total. The van der Waals surface area contributed by atoms with Gasteiger partial charge in [0.1, 0.15) is 10.7 Å². The molecule has 214 valence electrons. The lowest BCUT2D eigenvalue weighted by Crippen LogP contribution is -2.29. The van der Waals surface area contributed by atoms with Gasteiger partial charge in [-0.25, -0.2) is 14.8 Å². The molecule has 0 amide bonds. The van der Waals surface area contributed by atoms with Crippen molar-refractivity contribution in [2.45, 2.75) is 37.5 Å². The minimum atomic E-state index is -5.08. The molecule has 13 heteroatoms. The second-order valence-corrected chi connectivity index (χ2v) is 11.2. The van der Waals surface area contributed by atoms with E-state index in [1.165, 1.54) is 4.88 Å². The average Bonchev–Trinajstić information content (AvgIpc) is 3.59. The van der Waals surface area contributed by atoms with E-state index in [9.17, 15) is 13.2 Å². The molecule has 4 N–H and O–H groups in total. The highest BCUT2D eigenvalue weighted by molar-refractivity contribution is 7.20. The van der Waals surface area contributed by atoms with Gasteiger partial charge in [-0.3, -0.25) is 0 Å². The second-order valence-electron chi connectivity index (χ2n) is 8.77. The van der Waals surface area contributed by atoms with Crippen LogP contribution in [0, 0.1) is 11.8 Å². The molecule has 0 fully saturated rings. The van der Waals surface area contributed by atoms with Crippen molar-refractivity contribution < 1.29 is 27.8 Å². The van der Waals surface area contributed by atoms with Crippen molar-refractivity contribution in [3.8, 4) is 17.7 Å². The number of nitrogens with one attached hydrogen (secondary N) is 1. The maximum atomic E-state index is 10.6. The average molecular weight is 621 g/mol. The van der Waals surface area contributed by atoms with Crippen LogP contribution in [0.3, 0.4) is 0 Å². The number of carboxylic acids is 1. The number of carbonyl (C=O) groups is 1. The first kappa shape index (κ1) is 30.3. The van der Waals surface area contributed by atoms with Gasteiger partial charge in [0.25, 0.3) is 0 Å². The Bertz CT molecular complexity index is 1610. The predicted molar refractivity (Wildman–Crippen MR) is 156 cm³/mol. The summed E-state index contributed by atoms with van der Waals surface area (Å²) >= 11 is 9.92. The maximum absolute atomic E-state index is 10.6. The molecule has 4 heterocycles. The minimum absolute atomic E-state index is 0.0320.